The number of amides is 1. The second kappa shape index (κ2) is 7.05. The lowest BCUT2D eigenvalue weighted by atomic mass is 10.1. The Labute approximate surface area is 146 Å². The molecule has 1 saturated heterocycles. The maximum Gasteiger partial charge on any atom is 0.264 e. The molecule has 4 heteroatoms. The lowest BCUT2D eigenvalue weighted by molar-refractivity contribution is -0.115. The van der Waals surface area contributed by atoms with Crippen molar-refractivity contribution in [3.63, 3.8) is 0 Å². The highest BCUT2D eigenvalue weighted by Crippen LogP contribution is 2.26. The number of hydrogen-bond acceptors (Lipinski definition) is 3. The fourth-order valence-electron chi connectivity index (χ4n) is 2.64. The number of nitrogens with zero attached hydrogens (tertiary/aromatic N) is 1. The molecule has 1 fully saturated rings. The van der Waals surface area contributed by atoms with Gasteiger partial charge in [-0.25, -0.2) is 0 Å². The predicted molar refractivity (Wildman–Crippen MR) is 102 cm³/mol. The molecular formula is C20H20N2OS. The molecule has 1 heterocycles. The Hall–Kier alpha value is -2.33. The number of hydrogen-bond donors (Lipinski definition) is 1. The van der Waals surface area contributed by atoms with Crippen molar-refractivity contribution in [3.8, 4) is 0 Å². The second-order valence-electron chi connectivity index (χ2n) is 6.09. The highest BCUT2D eigenvalue weighted by Gasteiger charge is 2.23. The van der Waals surface area contributed by atoms with E-state index in [-0.39, 0.29) is 5.91 Å². The molecule has 24 heavy (non-hydrogen) atoms. The molecule has 1 aliphatic rings. The van der Waals surface area contributed by atoms with Gasteiger partial charge < -0.3 is 5.32 Å². The zero-order valence-electron chi connectivity index (χ0n) is 14.1. The maximum atomic E-state index is 12.1. The molecule has 1 amide bonds. The van der Waals surface area contributed by atoms with Gasteiger partial charge in [-0.05, 0) is 49.7 Å². The van der Waals surface area contributed by atoms with Crippen molar-refractivity contribution in [2.24, 2.45) is 4.99 Å². The first kappa shape index (κ1) is 16.5. The first-order chi connectivity index (χ1) is 11.5. The van der Waals surface area contributed by atoms with E-state index in [9.17, 15) is 4.79 Å². The van der Waals surface area contributed by atoms with E-state index in [1.165, 1.54) is 28.5 Å². The molecule has 3 rings (SSSR count). The van der Waals surface area contributed by atoms with Crippen LogP contribution in [0.3, 0.4) is 0 Å². The van der Waals surface area contributed by atoms with Crippen LogP contribution >= 0.6 is 11.8 Å². The van der Waals surface area contributed by atoms with Crippen LogP contribution in [0, 0.1) is 20.8 Å². The first-order valence-electron chi connectivity index (χ1n) is 7.89. The molecule has 2 aromatic carbocycles. The number of benzene rings is 2. The number of aryl methyl sites for hydroxylation is 3. The Morgan fingerprint density at radius 3 is 2.33 bits per heavy atom. The van der Waals surface area contributed by atoms with Crippen molar-refractivity contribution in [2.45, 2.75) is 27.3 Å². The van der Waals surface area contributed by atoms with Gasteiger partial charge in [-0.1, -0.05) is 59.2 Å². The fraction of sp³-hybridized carbons (Fsp3) is 0.200. The number of nitrogens with one attached hydrogen (secondary N) is 1. The number of carbonyl (C=O) groups excluding carboxylic acids is 1. The lowest BCUT2D eigenvalue weighted by Gasteiger charge is -2.02. The third-order valence-corrected chi connectivity index (χ3v) is 4.66. The maximum absolute atomic E-state index is 12.1. The summed E-state index contributed by atoms with van der Waals surface area (Å²) in [5, 5.41) is 3.51. The first-order valence-corrected chi connectivity index (χ1v) is 8.70. The zero-order chi connectivity index (χ0) is 17.1. The molecular weight excluding hydrogens is 316 g/mol. The zero-order valence-corrected chi connectivity index (χ0v) is 14.9. The monoisotopic (exact) mass is 336 g/mol. The molecule has 0 aromatic heterocycles. The third-order valence-electron chi connectivity index (χ3n) is 3.71. The number of rotatable bonds is 3. The van der Waals surface area contributed by atoms with Gasteiger partial charge in [0.05, 0.1) is 11.4 Å². The van der Waals surface area contributed by atoms with Gasteiger partial charge in [0.25, 0.3) is 5.91 Å². The van der Waals surface area contributed by atoms with Crippen molar-refractivity contribution < 1.29 is 4.79 Å². The molecule has 3 nitrogen and oxygen atoms in total. The van der Waals surface area contributed by atoms with Gasteiger partial charge in [-0.15, -0.1) is 0 Å². The summed E-state index contributed by atoms with van der Waals surface area (Å²) in [5.41, 5.74) is 5.84. The minimum Gasteiger partial charge on any atom is -0.301 e. The van der Waals surface area contributed by atoms with Crippen molar-refractivity contribution >= 4 is 28.9 Å². The Kier molecular flexibility index (Phi) is 4.86. The van der Waals surface area contributed by atoms with Gasteiger partial charge in [0.15, 0.2) is 5.17 Å². The molecule has 1 aliphatic heterocycles. The molecule has 2 aromatic rings. The van der Waals surface area contributed by atoms with E-state index in [1.807, 2.05) is 37.3 Å². The van der Waals surface area contributed by atoms with E-state index in [0.717, 1.165) is 11.1 Å². The Balaban J connectivity index is 1.73. The minimum absolute atomic E-state index is 0.0836. The number of aliphatic imine (C=N–C) groups is 1. The van der Waals surface area contributed by atoms with E-state index in [0.29, 0.717) is 16.6 Å². The van der Waals surface area contributed by atoms with Gasteiger partial charge >= 0.3 is 0 Å². The van der Waals surface area contributed by atoms with Gasteiger partial charge in [0.2, 0.25) is 0 Å². The van der Waals surface area contributed by atoms with Crippen molar-refractivity contribution in [2.75, 3.05) is 0 Å². The third kappa shape index (κ3) is 4.15. The predicted octanol–water partition coefficient (Wildman–Crippen LogP) is 4.37. The largest absolute Gasteiger partial charge is 0.301 e. The molecule has 0 spiro atoms. The summed E-state index contributed by atoms with van der Waals surface area (Å²) < 4.78 is 0. The summed E-state index contributed by atoms with van der Waals surface area (Å²) in [4.78, 5) is 17.3. The van der Waals surface area contributed by atoms with E-state index in [4.69, 9.17) is 0 Å². The van der Waals surface area contributed by atoms with E-state index < -0.39 is 0 Å². The van der Waals surface area contributed by atoms with E-state index in [2.05, 4.69) is 42.4 Å². The summed E-state index contributed by atoms with van der Waals surface area (Å²) in [6.45, 7) is 6.78. The van der Waals surface area contributed by atoms with Gasteiger partial charge in [-0.2, -0.15) is 0 Å². The average molecular weight is 336 g/mol. The highest BCUT2D eigenvalue weighted by molar-refractivity contribution is 8.18. The standard InChI is InChI=1S/C20H20N2OS/c1-13-4-6-16(7-5-13)11-18-19(23)22-20(24-18)21-12-17-9-14(2)8-15(3)10-17/h4-11H,12H2,1-3H3,(H,21,22,23)/b18-11-. The topological polar surface area (TPSA) is 41.5 Å². The second-order valence-corrected chi connectivity index (χ2v) is 7.12. The van der Waals surface area contributed by atoms with Gasteiger partial charge in [0, 0.05) is 0 Å². The number of thioether (sulfide) groups is 1. The summed E-state index contributed by atoms with van der Waals surface area (Å²) in [6, 6.07) is 14.5. The van der Waals surface area contributed by atoms with Crippen LogP contribution < -0.4 is 5.32 Å². The molecule has 0 unspecified atom stereocenters. The quantitative estimate of drug-likeness (QED) is 0.846. The fourth-order valence-corrected chi connectivity index (χ4v) is 3.46. The normalized spacial score (nSPS) is 17.5. The van der Waals surface area contributed by atoms with Crippen LogP contribution in [0.4, 0.5) is 0 Å². The van der Waals surface area contributed by atoms with E-state index in [1.54, 1.807) is 0 Å². The van der Waals surface area contributed by atoms with Crippen molar-refractivity contribution in [1.82, 2.24) is 5.32 Å². The summed E-state index contributed by atoms with van der Waals surface area (Å²) in [6.07, 6.45) is 1.90. The lowest BCUT2D eigenvalue weighted by Crippen LogP contribution is -2.19. The summed E-state index contributed by atoms with van der Waals surface area (Å²) in [5.74, 6) is -0.0836. The van der Waals surface area contributed by atoms with Gasteiger partial charge in [0.1, 0.15) is 0 Å². The van der Waals surface area contributed by atoms with E-state index >= 15 is 0 Å². The molecule has 0 saturated carbocycles. The Morgan fingerprint density at radius 1 is 1.00 bits per heavy atom. The smallest absolute Gasteiger partial charge is 0.264 e. The molecule has 0 radical (unpaired) electrons. The molecule has 1 N–H and O–H groups in total. The molecule has 0 atom stereocenters. The summed E-state index contributed by atoms with van der Waals surface area (Å²) in [7, 11) is 0. The number of carbonyl (C=O) groups is 1. The van der Waals surface area contributed by atoms with Crippen molar-refractivity contribution in [1.29, 1.82) is 0 Å². The van der Waals surface area contributed by atoms with Crippen LogP contribution in [-0.4, -0.2) is 11.1 Å². The minimum atomic E-state index is -0.0836. The van der Waals surface area contributed by atoms with Crippen LogP contribution in [0.1, 0.15) is 27.8 Å². The Morgan fingerprint density at radius 2 is 1.67 bits per heavy atom. The Bertz CT molecular complexity index is 815. The van der Waals surface area contributed by atoms with Crippen LogP contribution in [0.25, 0.3) is 6.08 Å². The van der Waals surface area contributed by atoms with Gasteiger partial charge in [-0.3, -0.25) is 9.79 Å². The molecule has 122 valence electrons. The average Bonchev–Trinajstić information content (AvgIpc) is 2.87. The number of amidine groups is 1. The highest BCUT2D eigenvalue weighted by atomic mass is 32.2. The molecule has 0 aliphatic carbocycles. The van der Waals surface area contributed by atoms with Crippen LogP contribution in [0.5, 0.6) is 0 Å². The van der Waals surface area contributed by atoms with Crippen LogP contribution in [-0.2, 0) is 11.3 Å². The summed E-state index contributed by atoms with van der Waals surface area (Å²) >= 11 is 1.40. The SMILES string of the molecule is Cc1ccc(/C=C2\SC(=NCc3cc(C)cc(C)c3)NC2=O)cc1. The van der Waals surface area contributed by atoms with Crippen molar-refractivity contribution in [3.05, 3.63) is 75.2 Å². The van der Waals surface area contributed by atoms with Crippen LogP contribution in [0.2, 0.25) is 0 Å². The molecule has 0 bridgehead atoms. The van der Waals surface area contributed by atoms with Crippen LogP contribution in [0.15, 0.2) is 52.4 Å².